The van der Waals surface area contributed by atoms with Gasteiger partial charge in [-0.2, -0.15) is 0 Å². The van der Waals surface area contributed by atoms with Crippen LogP contribution in [-0.4, -0.2) is 40.0 Å². The summed E-state index contributed by atoms with van der Waals surface area (Å²) in [5.74, 6) is -0.186. The molecule has 1 aliphatic rings. The number of aromatic nitrogens is 1. The molecule has 7 heteroatoms. The summed E-state index contributed by atoms with van der Waals surface area (Å²) < 4.78 is 0. The lowest BCUT2D eigenvalue weighted by Crippen LogP contribution is -2.54. The number of rotatable bonds is 3. The quantitative estimate of drug-likeness (QED) is 0.873. The third kappa shape index (κ3) is 3.82. The van der Waals surface area contributed by atoms with E-state index in [-0.39, 0.29) is 30.7 Å². The third-order valence-corrected chi connectivity index (χ3v) is 3.55. The summed E-state index contributed by atoms with van der Waals surface area (Å²) in [7, 11) is 0. The van der Waals surface area contributed by atoms with Crippen LogP contribution in [0.3, 0.4) is 0 Å². The maximum atomic E-state index is 12.2. The Morgan fingerprint density at radius 3 is 2.35 bits per heavy atom. The molecule has 0 saturated carbocycles. The lowest BCUT2D eigenvalue weighted by atomic mass is 9.88. The van der Waals surface area contributed by atoms with Gasteiger partial charge >= 0.3 is 0 Å². The monoisotopic (exact) mass is 321 g/mol. The van der Waals surface area contributed by atoms with Crippen molar-refractivity contribution in [1.29, 1.82) is 0 Å². The van der Waals surface area contributed by atoms with Gasteiger partial charge in [-0.25, -0.2) is 0 Å². The van der Waals surface area contributed by atoms with Crippen molar-refractivity contribution in [3.05, 3.63) is 30.1 Å². The molecule has 2 atom stereocenters. The smallest absolute Gasteiger partial charge is 0.242 e. The van der Waals surface area contributed by atoms with Crippen LogP contribution < -0.4 is 5.73 Å². The van der Waals surface area contributed by atoms with Gasteiger partial charge < -0.3 is 15.7 Å². The van der Waals surface area contributed by atoms with Crippen LogP contribution in [0.1, 0.15) is 25.3 Å². The van der Waals surface area contributed by atoms with Gasteiger partial charge in [0.25, 0.3) is 0 Å². The van der Waals surface area contributed by atoms with E-state index in [1.807, 2.05) is 0 Å². The fraction of sp³-hybridized carbons (Fsp3) is 0.538. The van der Waals surface area contributed by atoms with Gasteiger partial charge in [-0.15, -0.1) is 24.8 Å². The molecule has 20 heavy (non-hydrogen) atoms. The predicted octanol–water partition coefficient (Wildman–Crippen LogP) is 1.08. The van der Waals surface area contributed by atoms with E-state index < -0.39 is 11.6 Å². The molecule has 1 saturated heterocycles. The van der Waals surface area contributed by atoms with E-state index in [1.54, 1.807) is 36.4 Å². The zero-order valence-corrected chi connectivity index (χ0v) is 13.0. The van der Waals surface area contributed by atoms with Crippen molar-refractivity contribution in [2.75, 3.05) is 13.1 Å². The largest absolute Gasteiger partial charge is 0.383 e. The van der Waals surface area contributed by atoms with Crippen molar-refractivity contribution in [1.82, 2.24) is 9.88 Å². The number of aliphatic hydroxyl groups is 1. The van der Waals surface area contributed by atoms with Crippen LogP contribution in [0, 0.1) is 0 Å². The number of nitrogens with zero attached hydrogens (tertiary/aromatic N) is 2. The second kappa shape index (κ2) is 7.78. The van der Waals surface area contributed by atoms with Gasteiger partial charge in [-0.1, -0.05) is 0 Å². The Labute approximate surface area is 131 Å². The highest BCUT2D eigenvalue weighted by molar-refractivity contribution is 5.85. The lowest BCUT2D eigenvalue weighted by Gasteiger charge is -2.32. The second-order valence-electron chi connectivity index (χ2n) is 4.89. The highest BCUT2D eigenvalue weighted by Gasteiger charge is 2.38. The van der Waals surface area contributed by atoms with E-state index >= 15 is 0 Å². The Kier molecular flexibility index (Phi) is 7.44. The van der Waals surface area contributed by atoms with Crippen molar-refractivity contribution in [3.63, 3.8) is 0 Å². The molecule has 1 amide bonds. The van der Waals surface area contributed by atoms with Crippen LogP contribution in [0.15, 0.2) is 24.5 Å². The minimum Gasteiger partial charge on any atom is -0.383 e. The van der Waals surface area contributed by atoms with Crippen molar-refractivity contribution in [3.8, 4) is 0 Å². The van der Waals surface area contributed by atoms with Crippen LogP contribution in [-0.2, 0) is 10.4 Å². The van der Waals surface area contributed by atoms with Gasteiger partial charge in [-0.3, -0.25) is 9.78 Å². The minimum absolute atomic E-state index is 0. The molecule has 2 rings (SSSR count). The molecule has 1 aromatic rings. The summed E-state index contributed by atoms with van der Waals surface area (Å²) in [6.45, 7) is 3.04. The molecule has 0 bridgehead atoms. The maximum Gasteiger partial charge on any atom is 0.242 e. The molecular weight excluding hydrogens is 301 g/mol. The van der Waals surface area contributed by atoms with Crippen molar-refractivity contribution in [2.45, 2.75) is 31.4 Å². The first kappa shape index (κ1) is 19.1. The number of likely N-dealkylation sites (tertiary alicyclic amines) is 1. The van der Waals surface area contributed by atoms with Crippen LogP contribution in [0.4, 0.5) is 0 Å². The molecule has 0 spiro atoms. The van der Waals surface area contributed by atoms with E-state index in [2.05, 4.69) is 4.98 Å². The highest BCUT2D eigenvalue weighted by Crippen LogP contribution is 2.24. The molecular formula is C13H21Cl2N3O2. The number of pyridine rings is 1. The number of hydrogen-bond acceptors (Lipinski definition) is 4. The number of hydrogen-bond donors (Lipinski definition) is 2. The summed E-state index contributed by atoms with van der Waals surface area (Å²) >= 11 is 0. The third-order valence-electron chi connectivity index (χ3n) is 3.55. The van der Waals surface area contributed by atoms with E-state index in [9.17, 15) is 9.90 Å². The molecule has 3 N–H and O–H groups in total. The molecule has 114 valence electrons. The van der Waals surface area contributed by atoms with Crippen molar-refractivity contribution in [2.24, 2.45) is 5.73 Å². The van der Waals surface area contributed by atoms with Gasteiger partial charge in [0.1, 0.15) is 11.6 Å². The second-order valence-corrected chi connectivity index (χ2v) is 4.89. The first-order valence-electron chi connectivity index (χ1n) is 6.20. The lowest BCUT2D eigenvalue weighted by molar-refractivity contribution is -0.137. The van der Waals surface area contributed by atoms with Crippen LogP contribution >= 0.6 is 24.8 Å². The first-order valence-corrected chi connectivity index (χ1v) is 6.20. The molecule has 5 nitrogen and oxygen atoms in total. The van der Waals surface area contributed by atoms with Gasteiger partial charge in [0.15, 0.2) is 0 Å². The maximum absolute atomic E-state index is 12.2. The SMILES string of the molecule is CC(O)(c1ccncc1)C(N)C(=O)N1CCCC1.Cl.Cl. The summed E-state index contributed by atoms with van der Waals surface area (Å²) in [4.78, 5) is 17.8. The summed E-state index contributed by atoms with van der Waals surface area (Å²) in [6, 6.07) is 2.41. The van der Waals surface area contributed by atoms with Crippen molar-refractivity contribution >= 4 is 30.7 Å². The number of nitrogens with two attached hydrogens (primary N) is 1. The molecule has 1 aromatic heterocycles. The molecule has 2 heterocycles. The zero-order chi connectivity index (χ0) is 13.2. The summed E-state index contributed by atoms with van der Waals surface area (Å²) in [5, 5.41) is 10.5. The van der Waals surface area contributed by atoms with Crippen LogP contribution in [0.2, 0.25) is 0 Å². The van der Waals surface area contributed by atoms with Gasteiger partial charge in [0, 0.05) is 25.5 Å². The highest BCUT2D eigenvalue weighted by atomic mass is 35.5. The van der Waals surface area contributed by atoms with Gasteiger partial charge in [0.2, 0.25) is 5.91 Å². The number of halogens is 2. The average Bonchev–Trinajstić information content (AvgIpc) is 2.92. The Morgan fingerprint density at radius 1 is 1.35 bits per heavy atom. The molecule has 0 radical (unpaired) electrons. The molecule has 1 aliphatic heterocycles. The number of amides is 1. The van der Waals surface area contributed by atoms with Gasteiger partial charge in [-0.05, 0) is 37.5 Å². The summed E-state index contributed by atoms with van der Waals surface area (Å²) in [6.07, 6.45) is 5.18. The average molecular weight is 322 g/mol. The molecule has 0 aliphatic carbocycles. The normalized spacial score (nSPS) is 18.4. The molecule has 0 aromatic carbocycles. The topological polar surface area (TPSA) is 79.5 Å². The van der Waals surface area contributed by atoms with E-state index in [0.29, 0.717) is 5.56 Å². The predicted molar refractivity (Wildman–Crippen MR) is 82.1 cm³/mol. The Hall–Kier alpha value is -0.880. The van der Waals surface area contributed by atoms with Crippen LogP contribution in [0.25, 0.3) is 0 Å². The standard InChI is InChI=1S/C13H19N3O2.2ClH/c1-13(18,10-4-6-15-7-5-10)11(14)12(17)16-8-2-3-9-16;;/h4-7,11,18H,2-3,8-9,14H2,1H3;2*1H. The minimum atomic E-state index is -1.37. The van der Waals surface area contributed by atoms with E-state index in [1.165, 1.54) is 0 Å². The number of carbonyl (C=O) groups is 1. The fourth-order valence-electron chi connectivity index (χ4n) is 2.24. The Balaban J connectivity index is 0.00000180. The molecule has 2 unspecified atom stereocenters. The Bertz CT molecular complexity index is 423. The number of carbonyl (C=O) groups excluding carboxylic acids is 1. The fourth-order valence-corrected chi connectivity index (χ4v) is 2.24. The zero-order valence-electron chi connectivity index (χ0n) is 11.4. The van der Waals surface area contributed by atoms with Crippen molar-refractivity contribution < 1.29 is 9.90 Å². The first-order chi connectivity index (χ1) is 8.53. The van der Waals surface area contributed by atoms with E-state index in [4.69, 9.17) is 5.73 Å². The summed E-state index contributed by atoms with van der Waals surface area (Å²) in [5.41, 5.74) is 5.18. The van der Waals surface area contributed by atoms with Crippen LogP contribution in [0.5, 0.6) is 0 Å². The van der Waals surface area contributed by atoms with Gasteiger partial charge in [0.05, 0.1) is 0 Å². The Morgan fingerprint density at radius 2 is 1.85 bits per heavy atom. The molecule has 1 fully saturated rings. The van der Waals surface area contributed by atoms with E-state index in [0.717, 1.165) is 25.9 Å².